The van der Waals surface area contributed by atoms with Gasteiger partial charge in [-0.15, -0.1) is 0 Å². The molecule has 0 spiro atoms. The quantitative estimate of drug-likeness (QED) is 0.711. The van der Waals surface area contributed by atoms with E-state index in [0.717, 1.165) is 17.7 Å². The molecule has 0 aliphatic heterocycles. The minimum absolute atomic E-state index is 0.122. The highest BCUT2D eigenvalue weighted by Gasteiger charge is 2.13. The molecule has 0 saturated heterocycles. The maximum absolute atomic E-state index is 11.8. The molecule has 0 aliphatic rings. The molecule has 1 aromatic heterocycles. The Morgan fingerprint density at radius 1 is 1.37 bits per heavy atom. The molecule has 1 atom stereocenters. The molecule has 2 rings (SSSR count). The van der Waals surface area contributed by atoms with Crippen LogP contribution in [-0.4, -0.2) is 28.5 Å². The van der Waals surface area contributed by atoms with E-state index < -0.39 is 6.04 Å². The fraction of sp³-hybridized carbons (Fsp3) is 0.286. The van der Waals surface area contributed by atoms with Crippen LogP contribution in [0.3, 0.4) is 0 Å². The van der Waals surface area contributed by atoms with Gasteiger partial charge in [-0.25, -0.2) is 4.98 Å². The molecule has 4 N–H and O–H groups in total. The van der Waals surface area contributed by atoms with Crippen LogP contribution in [0.4, 0.5) is 0 Å². The van der Waals surface area contributed by atoms with E-state index in [1.807, 2.05) is 30.3 Å². The summed E-state index contributed by atoms with van der Waals surface area (Å²) in [6, 6.07) is 9.26. The van der Waals surface area contributed by atoms with E-state index >= 15 is 0 Å². The van der Waals surface area contributed by atoms with E-state index in [2.05, 4.69) is 15.3 Å². The summed E-state index contributed by atoms with van der Waals surface area (Å²) in [4.78, 5) is 18.7. The highest BCUT2D eigenvalue weighted by molar-refractivity contribution is 5.81. The predicted molar refractivity (Wildman–Crippen MR) is 73.4 cm³/mol. The van der Waals surface area contributed by atoms with Crippen molar-refractivity contribution in [3.63, 3.8) is 0 Å². The van der Waals surface area contributed by atoms with Crippen molar-refractivity contribution in [1.82, 2.24) is 15.3 Å². The first-order valence-corrected chi connectivity index (χ1v) is 6.30. The zero-order valence-electron chi connectivity index (χ0n) is 10.7. The number of amides is 1. The zero-order chi connectivity index (χ0) is 13.5. The standard InChI is InChI=1S/C14H18N4O/c15-13(8-11-4-2-1-3-5-11)14(19)17-7-6-12-9-16-10-18-12/h1-5,9-10,13H,6-8,15H2,(H,16,18)(H,17,19)/t13-/m1/s1. The molecular formula is C14H18N4O. The number of carbonyl (C=O) groups is 1. The Bertz CT molecular complexity index is 495. The summed E-state index contributed by atoms with van der Waals surface area (Å²) in [5.41, 5.74) is 7.94. The number of carbonyl (C=O) groups excluding carboxylic acids is 1. The van der Waals surface area contributed by atoms with Crippen molar-refractivity contribution in [2.45, 2.75) is 18.9 Å². The molecule has 0 unspecified atom stereocenters. The first kappa shape index (κ1) is 13.3. The van der Waals surface area contributed by atoms with E-state index in [-0.39, 0.29) is 5.91 Å². The van der Waals surface area contributed by atoms with Gasteiger partial charge in [0.2, 0.25) is 5.91 Å². The maximum atomic E-state index is 11.8. The van der Waals surface area contributed by atoms with Gasteiger partial charge in [-0.3, -0.25) is 4.79 Å². The van der Waals surface area contributed by atoms with Crippen molar-refractivity contribution in [2.75, 3.05) is 6.54 Å². The monoisotopic (exact) mass is 258 g/mol. The van der Waals surface area contributed by atoms with Gasteiger partial charge in [0.25, 0.3) is 0 Å². The number of nitrogens with two attached hydrogens (primary N) is 1. The second-order valence-electron chi connectivity index (χ2n) is 4.41. The number of aromatic nitrogens is 2. The molecule has 0 fully saturated rings. The van der Waals surface area contributed by atoms with Crippen LogP contribution in [0.15, 0.2) is 42.9 Å². The second kappa shape index (κ2) is 6.70. The summed E-state index contributed by atoms with van der Waals surface area (Å²) in [6.45, 7) is 0.559. The van der Waals surface area contributed by atoms with Gasteiger partial charge in [0.15, 0.2) is 0 Å². The summed E-state index contributed by atoms with van der Waals surface area (Å²) in [7, 11) is 0. The first-order valence-electron chi connectivity index (χ1n) is 6.30. The van der Waals surface area contributed by atoms with E-state index in [1.54, 1.807) is 12.5 Å². The highest BCUT2D eigenvalue weighted by atomic mass is 16.2. The van der Waals surface area contributed by atoms with Gasteiger partial charge in [0.05, 0.1) is 12.4 Å². The predicted octanol–water partition coefficient (Wildman–Crippen LogP) is 0.638. The Hall–Kier alpha value is -2.14. The zero-order valence-corrected chi connectivity index (χ0v) is 10.7. The fourth-order valence-electron chi connectivity index (χ4n) is 1.83. The molecule has 0 aliphatic carbocycles. The van der Waals surface area contributed by atoms with E-state index in [9.17, 15) is 4.79 Å². The van der Waals surface area contributed by atoms with E-state index in [4.69, 9.17) is 5.73 Å². The van der Waals surface area contributed by atoms with Crippen molar-refractivity contribution >= 4 is 5.91 Å². The minimum atomic E-state index is -0.510. The number of nitrogens with one attached hydrogen (secondary N) is 2. The van der Waals surface area contributed by atoms with Crippen LogP contribution in [0.25, 0.3) is 0 Å². The summed E-state index contributed by atoms with van der Waals surface area (Å²) < 4.78 is 0. The third-order valence-electron chi connectivity index (χ3n) is 2.88. The van der Waals surface area contributed by atoms with Crippen LogP contribution >= 0.6 is 0 Å². The number of nitrogens with zero attached hydrogens (tertiary/aromatic N) is 1. The number of hydrogen-bond donors (Lipinski definition) is 3. The highest BCUT2D eigenvalue weighted by Crippen LogP contribution is 2.01. The summed E-state index contributed by atoms with van der Waals surface area (Å²) in [6.07, 6.45) is 4.65. The van der Waals surface area contributed by atoms with Crippen molar-refractivity contribution in [2.24, 2.45) is 5.73 Å². The SMILES string of the molecule is N[C@H](Cc1ccccc1)C(=O)NCCc1cnc[nH]1. The number of imidazole rings is 1. The van der Waals surface area contributed by atoms with Gasteiger partial charge < -0.3 is 16.0 Å². The summed E-state index contributed by atoms with van der Waals surface area (Å²) in [5, 5.41) is 2.83. The molecule has 0 saturated carbocycles. The molecule has 100 valence electrons. The summed E-state index contributed by atoms with van der Waals surface area (Å²) >= 11 is 0. The lowest BCUT2D eigenvalue weighted by molar-refractivity contribution is -0.122. The Morgan fingerprint density at radius 2 is 2.16 bits per heavy atom. The normalized spacial score (nSPS) is 12.1. The average molecular weight is 258 g/mol. The molecule has 5 nitrogen and oxygen atoms in total. The third kappa shape index (κ3) is 4.22. The lowest BCUT2D eigenvalue weighted by atomic mass is 10.1. The van der Waals surface area contributed by atoms with Crippen LogP contribution in [0.1, 0.15) is 11.3 Å². The van der Waals surface area contributed by atoms with Crippen molar-refractivity contribution in [3.8, 4) is 0 Å². The summed E-state index contributed by atoms with van der Waals surface area (Å²) in [5.74, 6) is -0.122. The smallest absolute Gasteiger partial charge is 0.237 e. The molecule has 5 heteroatoms. The molecule has 0 radical (unpaired) electrons. The van der Waals surface area contributed by atoms with Crippen LogP contribution in [0.2, 0.25) is 0 Å². The average Bonchev–Trinajstić information content (AvgIpc) is 2.93. The molecule has 2 aromatic rings. The minimum Gasteiger partial charge on any atom is -0.354 e. The Balaban J connectivity index is 1.73. The number of aromatic amines is 1. The van der Waals surface area contributed by atoms with Crippen molar-refractivity contribution in [1.29, 1.82) is 0 Å². The Morgan fingerprint density at radius 3 is 2.84 bits per heavy atom. The number of H-pyrrole nitrogens is 1. The third-order valence-corrected chi connectivity index (χ3v) is 2.88. The molecule has 1 aromatic carbocycles. The van der Waals surface area contributed by atoms with Crippen LogP contribution in [-0.2, 0) is 17.6 Å². The number of hydrogen-bond acceptors (Lipinski definition) is 3. The fourth-order valence-corrected chi connectivity index (χ4v) is 1.83. The lowest BCUT2D eigenvalue weighted by Crippen LogP contribution is -2.42. The van der Waals surface area contributed by atoms with Gasteiger partial charge in [-0.2, -0.15) is 0 Å². The van der Waals surface area contributed by atoms with E-state index in [0.29, 0.717) is 13.0 Å². The van der Waals surface area contributed by atoms with Gasteiger partial charge in [0, 0.05) is 24.9 Å². The lowest BCUT2D eigenvalue weighted by Gasteiger charge is -2.12. The topological polar surface area (TPSA) is 83.8 Å². The van der Waals surface area contributed by atoms with Gasteiger partial charge >= 0.3 is 0 Å². The molecular weight excluding hydrogens is 240 g/mol. The molecule has 19 heavy (non-hydrogen) atoms. The number of rotatable bonds is 6. The van der Waals surface area contributed by atoms with Gasteiger partial charge in [0.1, 0.15) is 0 Å². The molecule has 0 bridgehead atoms. The second-order valence-corrected chi connectivity index (χ2v) is 4.41. The van der Waals surface area contributed by atoms with Crippen LogP contribution < -0.4 is 11.1 Å². The van der Waals surface area contributed by atoms with Gasteiger partial charge in [-0.1, -0.05) is 30.3 Å². The van der Waals surface area contributed by atoms with Crippen LogP contribution in [0.5, 0.6) is 0 Å². The largest absolute Gasteiger partial charge is 0.354 e. The molecule has 1 heterocycles. The maximum Gasteiger partial charge on any atom is 0.237 e. The van der Waals surface area contributed by atoms with Gasteiger partial charge in [-0.05, 0) is 12.0 Å². The van der Waals surface area contributed by atoms with Crippen LogP contribution in [0, 0.1) is 0 Å². The van der Waals surface area contributed by atoms with Crippen molar-refractivity contribution in [3.05, 3.63) is 54.1 Å². The molecule has 1 amide bonds. The van der Waals surface area contributed by atoms with E-state index in [1.165, 1.54) is 0 Å². The Kier molecular flexibility index (Phi) is 4.69. The van der Waals surface area contributed by atoms with Crippen molar-refractivity contribution < 1.29 is 4.79 Å². The Labute approximate surface area is 112 Å². The number of benzene rings is 1. The first-order chi connectivity index (χ1) is 9.25.